The van der Waals surface area contributed by atoms with Crippen molar-refractivity contribution in [1.29, 1.82) is 0 Å². The summed E-state index contributed by atoms with van der Waals surface area (Å²) in [5.41, 5.74) is 2.60. The molecular formula is C19H18BrNO3S. The molecule has 0 aliphatic heterocycles. The van der Waals surface area contributed by atoms with Crippen molar-refractivity contribution in [3.05, 3.63) is 58.3 Å². The summed E-state index contributed by atoms with van der Waals surface area (Å²) >= 11 is 3.32. The molecule has 2 aromatic carbocycles. The first-order valence-corrected chi connectivity index (χ1v) is 10.5. The van der Waals surface area contributed by atoms with E-state index < -0.39 is 10.0 Å². The zero-order valence-corrected chi connectivity index (χ0v) is 16.2. The molecule has 0 fully saturated rings. The number of hydrogen-bond donors (Lipinski definition) is 1. The molecule has 0 bridgehead atoms. The van der Waals surface area contributed by atoms with E-state index in [-0.39, 0.29) is 4.90 Å². The molecule has 0 unspecified atom stereocenters. The van der Waals surface area contributed by atoms with Gasteiger partial charge in [-0.15, -0.1) is 0 Å². The number of fused-ring (bicyclic) bond motifs is 3. The largest absolute Gasteiger partial charge is 0.461 e. The maximum Gasteiger partial charge on any atom is 0.261 e. The molecular weight excluding hydrogens is 402 g/mol. The highest BCUT2D eigenvalue weighted by Gasteiger charge is 2.22. The molecule has 4 nitrogen and oxygen atoms in total. The first-order valence-electron chi connectivity index (χ1n) is 8.25. The van der Waals surface area contributed by atoms with Crippen LogP contribution in [0.25, 0.3) is 11.0 Å². The lowest BCUT2D eigenvalue weighted by Crippen LogP contribution is -2.13. The van der Waals surface area contributed by atoms with Crippen molar-refractivity contribution in [3.63, 3.8) is 0 Å². The third kappa shape index (κ3) is 3.20. The fourth-order valence-electron chi connectivity index (χ4n) is 3.34. The second-order valence-corrected chi connectivity index (χ2v) is 9.22. The predicted octanol–water partition coefficient (Wildman–Crippen LogP) is 5.12. The fourth-order valence-corrected chi connectivity index (χ4v) is 4.66. The van der Waals surface area contributed by atoms with Gasteiger partial charge in [-0.1, -0.05) is 22.9 Å². The Kier molecular flexibility index (Phi) is 4.12. The van der Waals surface area contributed by atoms with E-state index in [4.69, 9.17) is 4.42 Å². The van der Waals surface area contributed by atoms with Gasteiger partial charge in [0.15, 0.2) is 0 Å². The van der Waals surface area contributed by atoms with Gasteiger partial charge in [0.2, 0.25) is 0 Å². The second kappa shape index (κ2) is 6.18. The van der Waals surface area contributed by atoms with Gasteiger partial charge in [-0.2, -0.15) is 0 Å². The van der Waals surface area contributed by atoms with Crippen LogP contribution in [0.1, 0.15) is 24.7 Å². The fraction of sp³-hybridized carbons (Fsp3) is 0.263. The van der Waals surface area contributed by atoms with Crippen LogP contribution in [-0.4, -0.2) is 8.42 Å². The first kappa shape index (κ1) is 16.7. The molecule has 0 spiro atoms. The van der Waals surface area contributed by atoms with Crippen molar-refractivity contribution in [2.75, 3.05) is 4.72 Å². The van der Waals surface area contributed by atoms with Crippen LogP contribution in [0.2, 0.25) is 0 Å². The van der Waals surface area contributed by atoms with E-state index in [2.05, 4.69) is 27.6 Å². The Morgan fingerprint density at radius 1 is 1.16 bits per heavy atom. The average Bonchev–Trinajstić information content (AvgIpc) is 2.92. The maximum absolute atomic E-state index is 12.6. The van der Waals surface area contributed by atoms with Crippen molar-refractivity contribution < 1.29 is 12.8 Å². The molecule has 0 saturated heterocycles. The standard InChI is InChI=1S/C19H18BrNO3S/c1-12-2-8-18-16(10-12)17-11-14(5-9-19(17)24-18)21-25(22,23)15-6-3-13(20)4-7-15/h3-7,9,11-12,21H,2,8,10H2,1H3/t12-/m1/s1. The molecule has 1 heterocycles. The van der Waals surface area contributed by atoms with Gasteiger partial charge in [0.25, 0.3) is 10.0 Å². The van der Waals surface area contributed by atoms with E-state index >= 15 is 0 Å². The Morgan fingerprint density at radius 3 is 2.68 bits per heavy atom. The number of nitrogens with one attached hydrogen (secondary N) is 1. The van der Waals surface area contributed by atoms with E-state index in [9.17, 15) is 8.42 Å². The van der Waals surface area contributed by atoms with Crippen molar-refractivity contribution in [2.24, 2.45) is 5.92 Å². The van der Waals surface area contributed by atoms with Gasteiger partial charge in [0, 0.05) is 27.5 Å². The molecule has 1 atom stereocenters. The number of sulfonamides is 1. The number of halogens is 1. The summed E-state index contributed by atoms with van der Waals surface area (Å²) in [7, 11) is -3.62. The van der Waals surface area contributed by atoms with Crippen molar-refractivity contribution >= 4 is 42.6 Å². The van der Waals surface area contributed by atoms with E-state index in [0.717, 1.165) is 40.5 Å². The minimum absolute atomic E-state index is 0.235. The lowest BCUT2D eigenvalue weighted by atomic mass is 9.88. The van der Waals surface area contributed by atoms with Gasteiger partial charge in [0.1, 0.15) is 11.3 Å². The molecule has 4 rings (SSSR count). The van der Waals surface area contributed by atoms with Crippen LogP contribution in [-0.2, 0) is 22.9 Å². The highest BCUT2D eigenvalue weighted by atomic mass is 79.9. The molecule has 6 heteroatoms. The summed E-state index contributed by atoms with van der Waals surface area (Å²) in [6, 6.07) is 12.1. The van der Waals surface area contributed by atoms with Crippen LogP contribution in [0.4, 0.5) is 5.69 Å². The molecule has 25 heavy (non-hydrogen) atoms. The molecule has 1 aliphatic rings. The Balaban J connectivity index is 1.70. The lowest BCUT2D eigenvalue weighted by molar-refractivity contribution is 0.438. The molecule has 1 N–H and O–H groups in total. The van der Waals surface area contributed by atoms with E-state index in [1.54, 1.807) is 30.3 Å². The zero-order valence-electron chi connectivity index (χ0n) is 13.8. The highest BCUT2D eigenvalue weighted by Crippen LogP contribution is 2.35. The summed E-state index contributed by atoms with van der Waals surface area (Å²) in [6.07, 6.45) is 3.06. The molecule has 130 valence electrons. The third-order valence-corrected chi connectivity index (χ3v) is 6.59. The smallest absolute Gasteiger partial charge is 0.261 e. The normalized spacial score (nSPS) is 17.4. The minimum atomic E-state index is -3.62. The molecule has 0 amide bonds. The quantitative estimate of drug-likeness (QED) is 0.640. The molecule has 1 aliphatic carbocycles. The first-order chi connectivity index (χ1) is 11.9. The molecule has 0 radical (unpaired) electrons. The minimum Gasteiger partial charge on any atom is -0.461 e. The van der Waals surface area contributed by atoms with Gasteiger partial charge in [-0.05, 0) is 61.2 Å². The maximum atomic E-state index is 12.6. The summed E-state index contributed by atoms with van der Waals surface area (Å²) in [6.45, 7) is 2.24. The van der Waals surface area contributed by atoms with Crippen LogP contribution in [0.3, 0.4) is 0 Å². The van der Waals surface area contributed by atoms with Crippen molar-refractivity contribution in [2.45, 2.75) is 31.1 Å². The SMILES string of the molecule is C[C@@H]1CCc2oc3ccc(NS(=O)(=O)c4ccc(Br)cc4)cc3c2C1. The lowest BCUT2D eigenvalue weighted by Gasteiger charge is -2.16. The second-order valence-electron chi connectivity index (χ2n) is 6.62. The van der Waals surface area contributed by atoms with Crippen molar-refractivity contribution in [3.8, 4) is 0 Å². The van der Waals surface area contributed by atoms with E-state index in [1.807, 2.05) is 12.1 Å². The number of rotatable bonds is 3. The van der Waals surface area contributed by atoms with Crippen LogP contribution in [0.15, 0.2) is 56.2 Å². The molecule has 3 aromatic rings. The monoisotopic (exact) mass is 419 g/mol. The van der Waals surface area contributed by atoms with E-state index in [0.29, 0.717) is 11.6 Å². The Hall–Kier alpha value is -1.79. The topological polar surface area (TPSA) is 59.3 Å². The van der Waals surface area contributed by atoms with Gasteiger partial charge >= 0.3 is 0 Å². The average molecular weight is 420 g/mol. The number of aryl methyl sites for hydroxylation is 1. The molecule has 1 aromatic heterocycles. The van der Waals surface area contributed by atoms with Crippen molar-refractivity contribution in [1.82, 2.24) is 0 Å². The number of furan rings is 1. The third-order valence-electron chi connectivity index (χ3n) is 4.67. The number of anilines is 1. The van der Waals surface area contributed by atoms with Gasteiger partial charge in [0.05, 0.1) is 4.90 Å². The summed E-state index contributed by atoms with van der Waals surface area (Å²) in [5.74, 6) is 1.66. The summed E-state index contributed by atoms with van der Waals surface area (Å²) in [5, 5.41) is 1.01. The Morgan fingerprint density at radius 2 is 1.92 bits per heavy atom. The van der Waals surface area contributed by atoms with Crippen LogP contribution >= 0.6 is 15.9 Å². The Labute approximate surface area is 155 Å². The van der Waals surface area contributed by atoms with Gasteiger partial charge < -0.3 is 4.42 Å². The van der Waals surface area contributed by atoms with E-state index in [1.165, 1.54) is 5.56 Å². The highest BCUT2D eigenvalue weighted by molar-refractivity contribution is 9.10. The van der Waals surface area contributed by atoms with Crippen LogP contribution in [0, 0.1) is 5.92 Å². The Bertz CT molecular complexity index is 1040. The molecule has 0 saturated carbocycles. The summed E-state index contributed by atoms with van der Waals surface area (Å²) < 4.78 is 34.6. The summed E-state index contributed by atoms with van der Waals surface area (Å²) in [4.78, 5) is 0.235. The van der Waals surface area contributed by atoms with Gasteiger partial charge in [-0.3, -0.25) is 4.72 Å². The van der Waals surface area contributed by atoms with Crippen LogP contribution < -0.4 is 4.72 Å². The number of benzene rings is 2. The zero-order chi connectivity index (χ0) is 17.6. The van der Waals surface area contributed by atoms with Crippen LogP contribution in [0.5, 0.6) is 0 Å². The number of hydrogen-bond acceptors (Lipinski definition) is 3. The predicted molar refractivity (Wildman–Crippen MR) is 102 cm³/mol. The van der Waals surface area contributed by atoms with Gasteiger partial charge in [-0.25, -0.2) is 8.42 Å².